The lowest BCUT2D eigenvalue weighted by atomic mass is 10.0. The molecule has 0 unspecified atom stereocenters. The van der Waals surface area contributed by atoms with E-state index < -0.39 is 0 Å². The van der Waals surface area contributed by atoms with E-state index in [2.05, 4.69) is 29.4 Å². The third kappa shape index (κ3) is 3.58. The zero-order chi connectivity index (χ0) is 16.2. The fraction of sp³-hybridized carbons (Fsp3) is 0.588. The van der Waals surface area contributed by atoms with E-state index in [0.29, 0.717) is 0 Å². The predicted octanol–water partition coefficient (Wildman–Crippen LogP) is 4.34. The highest BCUT2D eigenvalue weighted by molar-refractivity contribution is 8.00. The zero-order valence-corrected chi connectivity index (χ0v) is 15.0. The van der Waals surface area contributed by atoms with Gasteiger partial charge in [-0.15, -0.1) is 11.8 Å². The summed E-state index contributed by atoms with van der Waals surface area (Å²) >= 11 is 1.89. The Kier molecular flexibility index (Phi) is 5.75. The number of hydrogen-bond donors (Lipinski definition) is 0. The Hall–Kier alpha value is -1.20. The molecule has 0 amide bonds. The summed E-state index contributed by atoms with van der Waals surface area (Å²) in [6, 6.07) is 2.01. The second-order valence-corrected chi connectivity index (χ2v) is 7.13. The van der Waals surface area contributed by atoms with Gasteiger partial charge in [0, 0.05) is 42.1 Å². The SMILES string of the molecule is CC.COc1cc2ncc(C)n2cc1SC1(C)CCOCC1. The fourth-order valence-electron chi connectivity index (χ4n) is 2.52. The summed E-state index contributed by atoms with van der Waals surface area (Å²) in [5, 5.41) is 0. The van der Waals surface area contributed by atoms with Crippen molar-refractivity contribution >= 4 is 17.4 Å². The van der Waals surface area contributed by atoms with Gasteiger partial charge in [-0.1, -0.05) is 13.8 Å². The van der Waals surface area contributed by atoms with Gasteiger partial charge in [0.05, 0.1) is 12.0 Å². The molecule has 0 atom stereocenters. The van der Waals surface area contributed by atoms with Crippen LogP contribution >= 0.6 is 11.8 Å². The molecule has 4 nitrogen and oxygen atoms in total. The molecular weight excluding hydrogens is 296 g/mol. The molecule has 3 heterocycles. The smallest absolute Gasteiger partial charge is 0.140 e. The van der Waals surface area contributed by atoms with Gasteiger partial charge in [-0.2, -0.15) is 0 Å². The van der Waals surface area contributed by atoms with Crippen LogP contribution in [0.15, 0.2) is 23.4 Å². The summed E-state index contributed by atoms with van der Waals surface area (Å²) in [7, 11) is 1.72. The van der Waals surface area contributed by atoms with E-state index >= 15 is 0 Å². The summed E-state index contributed by atoms with van der Waals surface area (Å²) in [4.78, 5) is 5.56. The van der Waals surface area contributed by atoms with E-state index in [-0.39, 0.29) is 4.75 Å². The molecule has 0 spiro atoms. The van der Waals surface area contributed by atoms with Crippen LogP contribution in [0.5, 0.6) is 5.75 Å². The van der Waals surface area contributed by atoms with Gasteiger partial charge in [0.15, 0.2) is 0 Å². The monoisotopic (exact) mass is 322 g/mol. The minimum absolute atomic E-state index is 0.216. The first kappa shape index (κ1) is 17.2. The van der Waals surface area contributed by atoms with Gasteiger partial charge >= 0.3 is 0 Å². The summed E-state index contributed by atoms with van der Waals surface area (Å²) in [5.41, 5.74) is 2.07. The van der Waals surface area contributed by atoms with Gasteiger partial charge in [0.2, 0.25) is 0 Å². The standard InChI is InChI=1S/C15H20N2O2S.C2H6/c1-11-9-16-14-8-12(18-3)13(10-17(11)14)20-15(2)4-6-19-7-5-15;1-2/h8-10H,4-7H2,1-3H3;1-2H3. The van der Waals surface area contributed by atoms with Crippen molar-refractivity contribution in [3.05, 3.63) is 24.2 Å². The molecule has 5 heteroatoms. The van der Waals surface area contributed by atoms with Gasteiger partial charge in [0.25, 0.3) is 0 Å². The van der Waals surface area contributed by atoms with E-state index in [0.717, 1.165) is 43.1 Å². The second-order valence-electron chi connectivity index (χ2n) is 5.50. The molecule has 0 radical (unpaired) electrons. The Morgan fingerprint density at radius 1 is 1.32 bits per heavy atom. The van der Waals surface area contributed by atoms with Crippen molar-refractivity contribution in [3.63, 3.8) is 0 Å². The molecule has 2 aromatic rings. The number of thioether (sulfide) groups is 1. The van der Waals surface area contributed by atoms with Gasteiger partial charge in [0.1, 0.15) is 11.4 Å². The number of imidazole rings is 1. The van der Waals surface area contributed by atoms with E-state index in [9.17, 15) is 0 Å². The topological polar surface area (TPSA) is 35.8 Å². The summed E-state index contributed by atoms with van der Waals surface area (Å²) in [5.74, 6) is 0.904. The highest BCUT2D eigenvalue weighted by Crippen LogP contribution is 2.43. The molecule has 1 saturated heterocycles. The highest BCUT2D eigenvalue weighted by atomic mass is 32.2. The van der Waals surface area contributed by atoms with E-state index in [1.165, 1.54) is 4.90 Å². The quantitative estimate of drug-likeness (QED) is 0.842. The molecule has 1 fully saturated rings. The Morgan fingerprint density at radius 2 is 2.00 bits per heavy atom. The van der Waals surface area contributed by atoms with Crippen molar-refractivity contribution in [1.82, 2.24) is 9.38 Å². The molecule has 0 aromatic carbocycles. The maximum absolute atomic E-state index is 5.54. The van der Waals surface area contributed by atoms with Crippen LogP contribution in [-0.4, -0.2) is 34.5 Å². The number of aromatic nitrogens is 2. The maximum Gasteiger partial charge on any atom is 0.140 e. The number of fused-ring (bicyclic) bond motifs is 1. The first-order valence-corrected chi connectivity index (χ1v) is 8.71. The molecule has 122 valence electrons. The average Bonchev–Trinajstić information content (AvgIpc) is 2.89. The van der Waals surface area contributed by atoms with E-state index in [1.807, 2.05) is 37.9 Å². The third-order valence-corrected chi connectivity index (χ3v) is 5.31. The lowest BCUT2D eigenvalue weighted by Gasteiger charge is -2.33. The Bertz CT molecular complexity index is 618. The Labute approximate surface area is 137 Å². The normalized spacial score (nSPS) is 17.0. The van der Waals surface area contributed by atoms with Crippen LogP contribution in [0.4, 0.5) is 0 Å². The zero-order valence-electron chi connectivity index (χ0n) is 14.2. The van der Waals surface area contributed by atoms with Crippen LogP contribution in [-0.2, 0) is 4.74 Å². The Morgan fingerprint density at radius 3 is 2.64 bits per heavy atom. The van der Waals surface area contributed by atoms with Crippen LogP contribution in [0.3, 0.4) is 0 Å². The molecule has 0 bridgehead atoms. The first-order chi connectivity index (χ1) is 10.6. The van der Waals surface area contributed by atoms with Crippen molar-refractivity contribution in [2.45, 2.75) is 50.2 Å². The number of methoxy groups -OCH3 is 1. The van der Waals surface area contributed by atoms with Crippen molar-refractivity contribution in [2.24, 2.45) is 0 Å². The number of pyridine rings is 1. The minimum Gasteiger partial charge on any atom is -0.495 e. The van der Waals surface area contributed by atoms with Crippen LogP contribution < -0.4 is 4.74 Å². The van der Waals surface area contributed by atoms with Crippen molar-refractivity contribution < 1.29 is 9.47 Å². The lowest BCUT2D eigenvalue weighted by molar-refractivity contribution is 0.0815. The molecule has 1 aliphatic rings. The predicted molar refractivity (Wildman–Crippen MR) is 92.1 cm³/mol. The van der Waals surface area contributed by atoms with Crippen LogP contribution in [0, 0.1) is 6.92 Å². The van der Waals surface area contributed by atoms with E-state index in [1.54, 1.807) is 7.11 Å². The molecule has 22 heavy (non-hydrogen) atoms. The molecule has 1 aliphatic heterocycles. The van der Waals surface area contributed by atoms with Crippen LogP contribution in [0.25, 0.3) is 5.65 Å². The maximum atomic E-state index is 5.54. The van der Waals surface area contributed by atoms with Gasteiger partial charge in [-0.25, -0.2) is 4.98 Å². The molecule has 2 aromatic heterocycles. The van der Waals surface area contributed by atoms with Crippen LogP contribution in [0.1, 0.15) is 39.3 Å². The summed E-state index contributed by atoms with van der Waals surface area (Å²) in [6.07, 6.45) is 6.17. The summed E-state index contributed by atoms with van der Waals surface area (Å²) in [6.45, 7) is 10.1. The van der Waals surface area contributed by atoms with E-state index in [4.69, 9.17) is 9.47 Å². The highest BCUT2D eigenvalue weighted by Gasteiger charge is 2.30. The van der Waals surface area contributed by atoms with Crippen LogP contribution in [0.2, 0.25) is 0 Å². The molecule has 0 aliphatic carbocycles. The second kappa shape index (κ2) is 7.38. The molecular formula is C17H26N2O2S. The third-order valence-electron chi connectivity index (χ3n) is 3.89. The molecule has 3 rings (SSSR count). The fourth-order valence-corrected chi connectivity index (χ4v) is 3.82. The Balaban J connectivity index is 0.000000847. The number of hydrogen-bond acceptors (Lipinski definition) is 4. The van der Waals surface area contributed by atoms with Gasteiger partial charge in [-0.05, 0) is 26.7 Å². The molecule has 0 N–H and O–H groups in total. The van der Waals surface area contributed by atoms with Crippen molar-refractivity contribution in [2.75, 3.05) is 20.3 Å². The number of ether oxygens (including phenoxy) is 2. The molecule has 0 saturated carbocycles. The van der Waals surface area contributed by atoms with Gasteiger partial charge in [-0.3, -0.25) is 0 Å². The summed E-state index contributed by atoms with van der Waals surface area (Å²) < 4.78 is 13.4. The lowest BCUT2D eigenvalue weighted by Crippen LogP contribution is -2.29. The van der Waals surface area contributed by atoms with Crippen molar-refractivity contribution in [1.29, 1.82) is 0 Å². The largest absolute Gasteiger partial charge is 0.495 e. The average molecular weight is 322 g/mol. The number of rotatable bonds is 3. The van der Waals surface area contributed by atoms with Gasteiger partial charge < -0.3 is 13.9 Å². The van der Waals surface area contributed by atoms with Crippen molar-refractivity contribution in [3.8, 4) is 5.75 Å². The first-order valence-electron chi connectivity index (χ1n) is 7.90. The number of nitrogens with zero attached hydrogens (tertiary/aromatic N) is 2. The minimum atomic E-state index is 0.216. The number of aryl methyl sites for hydroxylation is 1.